The number of benzene rings is 1. The number of amides is 2. The Morgan fingerprint density at radius 3 is 2.58 bits per heavy atom. The van der Waals surface area contributed by atoms with Crippen molar-refractivity contribution in [3.8, 4) is 0 Å². The molecule has 1 atom stereocenters. The minimum Gasteiger partial charge on any atom is -0.358 e. The van der Waals surface area contributed by atoms with Gasteiger partial charge in [0.2, 0.25) is 21.8 Å². The van der Waals surface area contributed by atoms with Crippen LogP contribution in [0.5, 0.6) is 0 Å². The normalized spacial score (nSPS) is 18.7. The van der Waals surface area contributed by atoms with Gasteiger partial charge in [-0.15, -0.1) is 0 Å². The number of hydrogen-bond donors (Lipinski definition) is 1. The van der Waals surface area contributed by atoms with Crippen LogP contribution in [-0.4, -0.2) is 63.3 Å². The van der Waals surface area contributed by atoms with Gasteiger partial charge in [-0.1, -0.05) is 27.2 Å². The molecule has 31 heavy (non-hydrogen) atoms. The van der Waals surface area contributed by atoms with E-state index in [9.17, 15) is 18.0 Å². The molecule has 172 valence electrons. The Morgan fingerprint density at radius 1 is 1.16 bits per heavy atom. The number of nitrogens with one attached hydrogen (secondary N) is 1. The van der Waals surface area contributed by atoms with E-state index in [-0.39, 0.29) is 29.3 Å². The summed E-state index contributed by atoms with van der Waals surface area (Å²) in [6.07, 6.45) is 4.54. The van der Waals surface area contributed by atoms with Crippen molar-refractivity contribution in [2.75, 3.05) is 42.5 Å². The zero-order valence-electron chi connectivity index (χ0n) is 18.8. The summed E-state index contributed by atoms with van der Waals surface area (Å²) in [6.45, 7) is 7.60. The molecular weight excluding hydrogens is 416 g/mol. The van der Waals surface area contributed by atoms with Crippen LogP contribution >= 0.6 is 0 Å². The Hall–Kier alpha value is -2.13. The predicted molar refractivity (Wildman–Crippen MR) is 122 cm³/mol. The summed E-state index contributed by atoms with van der Waals surface area (Å²) >= 11 is 0. The third-order valence-corrected chi connectivity index (χ3v) is 8.14. The maximum atomic E-state index is 13.3. The molecule has 0 aromatic heterocycles. The second-order valence-electron chi connectivity index (χ2n) is 8.07. The molecule has 1 aromatic rings. The zero-order valence-corrected chi connectivity index (χ0v) is 19.6. The SMILES string of the molecule is CCCCNC(=O)CN1C(=O)C2CCCCN2c2ccc(S(=O)(=O)N(CC)CC)cc21. The first kappa shape index (κ1) is 23.5. The van der Waals surface area contributed by atoms with Gasteiger partial charge in [0.05, 0.1) is 16.3 Å². The standard InChI is InChI=1S/C22H34N4O4S/c1-4-7-13-23-21(27)16-26-20-15-17(31(29,30)24(5-2)6-3)11-12-18(20)25-14-9-8-10-19(25)22(26)28/h11-12,15,19H,4-10,13-14,16H2,1-3H3,(H,23,27). The van der Waals surface area contributed by atoms with Crippen LogP contribution < -0.4 is 15.1 Å². The number of sulfonamides is 1. The number of carbonyl (C=O) groups excluding carboxylic acids is 2. The second-order valence-corrected chi connectivity index (χ2v) is 10.0. The van der Waals surface area contributed by atoms with Gasteiger partial charge < -0.3 is 10.2 Å². The van der Waals surface area contributed by atoms with Crippen molar-refractivity contribution in [3.63, 3.8) is 0 Å². The van der Waals surface area contributed by atoms with Crippen LogP contribution in [0.3, 0.4) is 0 Å². The van der Waals surface area contributed by atoms with Crippen LogP contribution in [-0.2, 0) is 19.6 Å². The molecule has 2 heterocycles. The lowest BCUT2D eigenvalue weighted by atomic mass is 9.96. The zero-order chi connectivity index (χ0) is 22.6. The van der Waals surface area contributed by atoms with Crippen LogP contribution in [0.2, 0.25) is 0 Å². The van der Waals surface area contributed by atoms with Crippen LogP contribution in [0.4, 0.5) is 11.4 Å². The third kappa shape index (κ3) is 4.72. The molecule has 0 bridgehead atoms. The third-order valence-electron chi connectivity index (χ3n) is 6.10. The highest BCUT2D eigenvalue weighted by Crippen LogP contribution is 2.40. The number of unbranched alkanes of at least 4 members (excludes halogenated alkanes) is 1. The van der Waals surface area contributed by atoms with Gasteiger partial charge in [-0.2, -0.15) is 4.31 Å². The molecule has 0 radical (unpaired) electrons. The largest absolute Gasteiger partial charge is 0.358 e. The Kier molecular flexibility index (Phi) is 7.59. The minimum absolute atomic E-state index is 0.103. The molecule has 9 heteroatoms. The summed E-state index contributed by atoms with van der Waals surface area (Å²) in [4.78, 5) is 29.6. The lowest BCUT2D eigenvalue weighted by Crippen LogP contribution is -2.57. The van der Waals surface area contributed by atoms with E-state index in [1.54, 1.807) is 32.0 Å². The summed E-state index contributed by atoms with van der Waals surface area (Å²) in [5.41, 5.74) is 1.33. The van der Waals surface area contributed by atoms with E-state index in [4.69, 9.17) is 0 Å². The van der Waals surface area contributed by atoms with Gasteiger partial charge in [-0.3, -0.25) is 14.5 Å². The summed E-state index contributed by atoms with van der Waals surface area (Å²) in [7, 11) is -3.67. The Morgan fingerprint density at radius 2 is 1.90 bits per heavy atom. The number of carbonyl (C=O) groups is 2. The number of hydrogen-bond acceptors (Lipinski definition) is 5. The molecule has 1 unspecified atom stereocenters. The summed E-state index contributed by atoms with van der Waals surface area (Å²) in [6, 6.07) is 4.67. The minimum atomic E-state index is -3.67. The summed E-state index contributed by atoms with van der Waals surface area (Å²) in [5, 5.41) is 2.86. The van der Waals surface area contributed by atoms with Crippen molar-refractivity contribution in [2.45, 2.75) is 63.8 Å². The highest BCUT2D eigenvalue weighted by atomic mass is 32.2. The van der Waals surface area contributed by atoms with Crippen LogP contribution in [0.15, 0.2) is 23.1 Å². The van der Waals surface area contributed by atoms with E-state index < -0.39 is 10.0 Å². The topological polar surface area (TPSA) is 90.0 Å². The Labute approximate surface area is 185 Å². The summed E-state index contributed by atoms with van der Waals surface area (Å²) < 4.78 is 27.5. The maximum absolute atomic E-state index is 13.3. The van der Waals surface area contributed by atoms with Crippen LogP contribution in [0.25, 0.3) is 0 Å². The number of rotatable bonds is 9. The van der Waals surface area contributed by atoms with Crippen molar-refractivity contribution in [3.05, 3.63) is 18.2 Å². The molecule has 1 fully saturated rings. The fourth-order valence-corrected chi connectivity index (χ4v) is 5.86. The number of piperidine rings is 1. The molecule has 0 spiro atoms. The van der Waals surface area contributed by atoms with E-state index in [1.807, 2.05) is 6.92 Å². The molecule has 2 aliphatic heterocycles. The van der Waals surface area contributed by atoms with Crippen molar-refractivity contribution in [1.82, 2.24) is 9.62 Å². The maximum Gasteiger partial charge on any atom is 0.250 e. The molecule has 0 aliphatic carbocycles. The van der Waals surface area contributed by atoms with Gasteiger partial charge in [0.15, 0.2) is 0 Å². The van der Waals surface area contributed by atoms with Gasteiger partial charge in [0, 0.05) is 26.2 Å². The van der Waals surface area contributed by atoms with Crippen molar-refractivity contribution < 1.29 is 18.0 Å². The quantitative estimate of drug-likeness (QED) is 0.583. The van der Waals surface area contributed by atoms with Crippen molar-refractivity contribution >= 4 is 33.2 Å². The Bertz CT molecular complexity index is 914. The lowest BCUT2D eigenvalue weighted by molar-refractivity contribution is -0.125. The van der Waals surface area contributed by atoms with E-state index in [1.165, 1.54) is 9.21 Å². The molecule has 1 saturated heterocycles. The molecule has 2 aliphatic rings. The Balaban J connectivity index is 2.00. The smallest absolute Gasteiger partial charge is 0.250 e. The number of anilines is 2. The van der Waals surface area contributed by atoms with E-state index in [2.05, 4.69) is 10.2 Å². The fraction of sp³-hybridized carbons (Fsp3) is 0.636. The lowest BCUT2D eigenvalue weighted by Gasteiger charge is -2.45. The highest BCUT2D eigenvalue weighted by Gasteiger charge is 2.40. The van der Waals surface area contributed by atoms with Crippen molar-refractivity contribution in [1.29, 1.82) is 0 Å². The average molecular weight is 451 g/mol. The molecule has 8 nitrogen and oxygen atoms in total. The molecule has 3 rings (SSSR count). The monoisotopic (exact) mass is 450 g/mol. The first-order valence-corrected chi connectivity index (χ1v) is 12.8. The molecule has 1 N–H and O–H groups in total. The van der Waals surface area contributed by atoms with Gasteiger partial charge >= 0.3 is 0 Å². The second kappa shape index (κ2) is 9.99. The fourth-order valence-electron chi connectivity index (χ4n) is 4.38. The number of nitrogens with zero attached hydrogens (tertiary/aromatic N) is 3. The molecule has 1 aromatic carbocycles. The van der Waals surface area contributed by atoms with Gasteiger partial charge in [-0.05, 0) is 43.9 Å². The van der Waals surface area contributed by atoms with Crippen LogP contribution in [0.1, 0.15) is 52.9 Å². The number of fused-ring (bicyclic) bond motifs is 3. The van der Waals surface area contributed by atoms with Gasteiger partial charge in [0.25, 0.3) is 0 Å². The average Bonchev–Trinajstić information content (AvgIpc) is 2.77. The predicted octanol–water partition coefficient (Wildman–Crippen LogP) is 2.34. The van der Waals surface area contributed by atoms with E-state index >= 15 is 0 Å². The first-order valence-electron chi connectivity index (χ1n) is 11.3. The van der Waals surface area contributed by atoms with E-state index in [0.717, 1.165) is 44.3 Å². The first-order chi connectivity index (χ1) is 14.8. The van der Waals surface area contributed by atoms with Crippen molar-refractivity contribution in [2.24, 2.45) is 0 Å². The summed E-state index contributed by atoms with van der Waals surface area (Å²) in [5.74, 6) is -0.357. The van der Waals surface area contributed by atoms with Gasteiger partial charge in [-0.25, -0.2) is 8.42 Å². The molecular formula is C22H34N4O4S. The molecule has 2 amide bonds. The highest BCUT2D eigenvalue weighted by molar-refractivity contribution is 7.89. The van der Waals surface area contributed by atoms with E-state index in [0.29, 0.717) is 25.3 Å². The molecule has 0 saturated carbocycles. The van der Waals surface area contributed by atoms with Gasteiger partial charge in [0.1, 0.15) is 12.6 Å². The van der Waals surface area contributed by atoms with Crippen LogP contribution in [0, 0.1) is 0 Å².